The van der Waals surface area contributed by atoms with Gasteiger partial charge in [0.2, 0.25) is 6.79 Å². The number of alkyl halides is 3. The first-order chi connectivity index (χ1) is 9.38. The molecule has 1 atom stereocenters. The standard InChI is InChI=1S/C12H12F3NO4/c13-12(14,15)8(11(17)18)5-16-4-7-1-2-9-10(3-7)20-6-19-9/h1-3,8,16H,4-6H2,(H,17,18). The van der Waals surface area contributed by atoms with Crippen molar-refractivity contribution in [3.05, 3.63) is 23.8 Å². The number of carboxylic acids is 1. The van der Waals surface area contributed by atoms with E-state index in [1.165, 1.54) is 0 Å². The predicted molar refractivity (Wildman–Crippen MR) is 61.5 cm³/mol. The fraction of sp³-hybridized carbons (Fsp3) is 0.417. The van der Waals surface area contributed by atoms with Gasteiger partial charge in [-0.2, -0.15) is 13.2 Å². The molecule has 0 aliphatic carbocycles. The fourth-order valence-corrected chi connectivity index (χ4v) is 1.75. The maximum atomic E-state index is 12.4. The minimum atomic E-state index is -4.77. The molecule has 1 aliphatic rings. The second-order valence-electron chi connectivity index (χ2n) is 4.25. The molecule has 2 N–H and O–H groups in total. The molecule has 1 heterocycles. The van der Waals surface area contributed by atoms with Gasteiger partial charge >= 0.3 is 12.1 Å². The van der Waals surface area contributed by atoms with E-state index in [4.69, 9.17) is 14.6 Å². The molecule has 0 saturated heterocycles. The molecule has 1 aromatic rings. The van der Waals surface area contributed by atoms with Crippen molar-refractivity contribution in [2.45, 2.75) is 12.7 Å². The normalized spacial score (nSPS) is 15.2. The molecular formula is C12H12F3NO4. The second-order valence-corrected chi connectivity index (χ2v) is 4.25. The summed E-state index contributed by atoms with van der Waals surface area (Å²) in [5.41, 5.74) is 0.681. The summed E-state index contributed by atoms with van der Waals surface area (Å²) < 4.78 is 47.5. The number of nitrogens with one attached hydrogen (secondary N) is 1. The van der Waals surface area contributed by atoms with Gasteiger partial charge < -0.3 is 19.9 Å². The third-order valence-electron chi connectivity index (χ3n) is 2.81. The Kier molecular flexibility index (Phi) is 4.03. The highest BCUT2D eigenvalue weighted by molar-refractivity contribution is 5.71. The summed E-state index contributed by atoms with van der Waals surface area (Å²) >= 11 is 0. The van der Waals surface area contributed by atoms with E-state index in [9.17, 15) is 18.0 Å². The largest absolute Gasteiger partial charge is 0.481 e. The molecule has 0 amide bonds. The van der Waals surface area contributed by atoms with Crippen LogP contribution in [0.4, 0.5) is 13.2 Å². The van der Waals surface area contributed by atoms with E-state index in [0.717, 1.165) is 0 Å². The quantitative estimate of drug-likeness (QED) is 0.865. The number of hydrogen-bond acceptors (Lipinski definition) is 4. The molecule has 1 unspecified atom stereocenters. The first-order valence-electron chi connectivity index (χ1n) is 5.76. The van der Waals surface area contributed by atoms with Crippen molar-refractivity contribution in [3.63, 3.8) is 0 Å². The number of carbonyl (C=O) groups is 1. The van der Waals surface area contributed by atoms with Crippen LogP contribution in [0.15, 0.2) is 18.2 Å². The maximum absolute atomic E-state index is 12.4. The Hall–Kier alpha value is -1.96. The zero-order valence-electron chi connectivity index (χ0n) is 10.2. The summed E-state index contributed by atoms with van der Waals surface area (Å²) in [6.45, 7) is -0.467. The first kappa shape index (κ1) is 14.4. The predicted octanol–water partition coefficient (Wildman–Crippen LogP) is 1.77. The molecule has 1 aromatic carbocycles. The van der Waals surface area contributed by atoms with Gasteiger partial charge in [-0.25, -0.2) is 0 Å². The second kappa shape index (κ2) is 5.58. The topological polar surface area (TPSA) is 67.8 Å². The average Bonchev–Trinajstić information content (AvgIpc) is 2.79. The summed E-state index contributed by atoms with van der Waals surface area (Å²) in [4.78, 5) is 10.5. The van der Waals surface area contributed by atoms with Crippen LogP contribution in [0.3, 0.4) is 0 Å². The Bertz CT molecular complexity index is 504. The van der Waals surface area contributed by atoms with Crippen LogP contribution in [0.2, 0.25) is 0 Å². The van der Waals surface area contributed by atoms with Crippen LogP contribution in [0.5, 0.6) is 11.5 Å². The third kappa shape index (κ3) is 3.32. The average molecular weight is 291 g/mol. The third-order valence-corrected chi connectivity index (χ3v) is 2.81. The summed E-state index contributed by atoms with van der Waals surface area (Å²) in [5.74, 6) is -3.21. The highest BCUT2D eigenvalue weighted by Gasteiger charge is 2.44. The Balaban J connectivity index is 1.91. The van der Waals surface area contributed by atoms with E-state index in [0.29, 0.717) is 17.1 Å². The molecule has 0 saturated carbocycles. The molecule has 0 bridgehead atoms. The molecule has 5 nitrogen and oxygen atoms in total. The summed E-state index contributed by atoms with van der Waals surface area (Å²) in [7, 11) is 0. The molecule has 0 radical (unpaired) electrons. The molecule has 2 rings (SSSR count). The van der Waals surface area contributed by atoms with Gasteiger partial charge in [0.25, 0.3) is 0 Å². The number of rotatable bonds is 5. The van der Waals surface area contributed by atoms with Crippen molar-refractivity contribution < 1.29 is 32.5 Å². The monoisotopic (exact) mass is 291 g/mol. The molecule has 0 spiro atoms. The highest BCUT2D eigenvalue weighted by Crippen LogP contribution is 2.32. The molecule has 0 fully saturated rings. The van der Waals surface area contributed by atoms with Crippen LogP contribution in [0.1, 0.15) is 5.56 Å². The molecular weight excluding hydrogens is 279 g/mol. The van der Waals surface area contributed by atoms with E-state index < -0.39 is 24.6 Å². The lowest BCUT2D eigenvalue weighted by Gasteiger charge is -2.16. The molecule has 110 valence electrons. The van der Waals surface area contributed by atoms with Gasteiger partial charge in [-0.1, -0.05) is 6.07 Å². The van der Waals surface area contributed by atoms with Gasteiger partial charge in [-0.3, -0.25) is 4.79 Å². The minimum absolute atomic E-state index is 0.108. The number of ether oxygens (including phenoxy) is 2. The van der Waals surface area contributed by atoms with Gasteiger partial charge in [0, 0.05) is 13.1 Å². The number of carboxylic acid groups (broad SMARTS) is 1. The lowest BCUT2D eigenvalue weighted by Crippen LogP contribution is -2.38. The van der Waals surface area contributed by atoms with E-state index >= 15 is 0 Å². The number of halogens is 3. The first-order valence-corrected chi connectivity index (χ1v) is 5.76. The molecule has 0 aromatic heterocycles. The Morgan fingerprint density at radius 3 is 2.70 bits per heavy atom. The summed E-state index contributed by atoms with van der Waals surface area (Å²) in [6.07, 6.45) is -4.77. The van der Waals surface area contributed by atoms with Crippen LogP contribution in [0.25, 0.3) is 0 Å². The highest BCUT2D eigenvalue weighted by atomic mass is 19.4. The Morgan fingerprint density at radius 1 is 1.35 bits per heavy atom. The van der Waals surface area contributed by atoms with E-state index in [2.05, 4.69) is 5.32 Å². The SMILES string of the molecule is O=C(O)C(CNCc1ccc2c(c1)OCO2)C(F)(F)F. The molecule has 20 heavy (non-hydrogen) atoms. The number of fused-ring (bicyclic) bond motifs is 1. The maximum Gasteiger partial charge on any atom is 0.403 e. The van der Waals surface area contributed by atoms with E-state index in [1.54, 1.807) is 18.2 Å². The molecule has 8 heteroatoms. The van der Waals surface area contributed by atoms with Crippen LogP contribution in [0, 0.1) is 5.92 Å². The number of aliphatic carboxylic acids is 1. The van der Waals surface area contributed by atoms with Crippen molar-refractivity contribution >= 4 is 5.97 Å². The number of benzene rings is 1. The van der Waals surface area contributed by atoms with Crippen molar-refractivity contribution in [2.24, 2.45) is 5.92 Å². The van der Waals surface area contributed by atoms with Gasteiger partial charge in [-0.15, -0.1) is 0 Å². The smallest absolute Gasteiger partial charge is 0.403 e. The minimum Gasteiger partial charge on any atom is -0.481 e. The van der Waals surface area contributed by atoms with E-state index in [-0.39, 0.29) is 13.3 Å². The van der Waals surface area contributed by atoms with Crippen molar-refractivity contribution in [2.75, 3.05) is 13.3 Å². The van der Waals surface area contributed by atoms with Gasteiger partial charge in [0.15, 0.2) is 17.4 Å². The van der Waals surface area contributed by atoms with Crippen molar-refractivity contribution in [1.82, 2.24) is 5.32 Å². The van der Waals surface area contributed by atoms with Crippen molar-refractivity contribution in [3.8, 4) is 11.5 Å². The lowest BCUT2D eigenvalue weighted by atomic mass is 10.1. The summed E-state index contributed by atoms with van der Waals surface area (Å²) in [5, 5.41) is 11.0. The van der Waals surface area contributed by atoms with Gasteiger partial charge in [0.1, 0.15) is 0 Å². The number of hydrogen-bond donors (Lipinski definition) is 2. The van der Waals surface area contributed by atoms with Crippen LogP contribution in [-0.2, 0) is 11.3 Å². The lowest BCUT2D eigenvalue weighted by molar-refractivity contribution is -0.192. The molecule has 1 aliphatic heterocycles. The Morgan fingerprint density at radius 2 is 2.05 bits per heavy atom. The Labute approximate surface area is 112 Å². The van der Waals surface area contributed by atoms with Gasteiger partial charge in [-0.05, 0) is 17.7 Å². The van der Waals surface area contributed by atoms with Crippen LogP contribution in [-0.4, -0.2) is 30.6 Å². The van der Waals surface area contributed by atoms with E-state index in [1.807, 2.05) is 0 Å². The zero-order chi connectivity index (χ0) is 14.8. The van der Waals surface area contributed by atoms with Crippen LogP contribution >= 0.6 is 0 Å². The zero-order valence-corrected chi connectivity index (χ0v) is 10.2. The van der Waals surface area contributed by atoms with Crippen molar-refractivity contribution in [1.29, 1.82) is 0 Å². The summed E-state index contributed by atoms with van der Waals surface area (Å²) in [6, 6.07) is 4.96. The van der Waals surface area contributed by atoms with Gasteiger partial charge in [0.05, 0.1) is 0 Å². The van der Waals surface area contributed by atoms with Crippen LogP contribution < -0.4 is 14.8 Å². The fourth-order valence-electron chi connectivity index (χ4n) is 1.75.